The molecule has 0 bridgehead atoms. The highest BCUT2D eigenvalue weighted by atomic mass is 19.4. The van der Waals surface area contributed by atoms with Crippen LogP contribution in [0.5, 0.6) is 5.75 Å². The number of hydrogen-bond donors (Lipinski definition) is 3. The summed E-state index contributed by atoms with van der Waals surface area (Å²) in [6, 6.07) is 1.67. The minimum atomic E-state index is -4.77. The number of aryl methyl sites for hydroxylation is 2. The van der Waals surface area contributed by atoms with Gasteiger partial charge in [-0.15, -0.1) is 0 Å². The largest absolute Gasteiger partial charge is 0.492 e. The quantitative estimate of drug-likeness (QED) is 0.452. The third-order valence-corrected chi connectivity index (χ3v) is 4.86. The van der Waals surface area contributed by atoms with Gasteiger partial charge in [-0.1, -0.05) is 0 Å². The molecule has 0 aliphatic carbocycles. The van der Waals surface area contributed by atoms with E-state index in [9.17, 15) is 23.1 Å². The number of alkyl halides is 3. The van der Waals surface area contributed by atoms with E-state index in [0.29, 0.717) is 35.5 Å². The van der Waals surface area contributed by atoms with Crippen LogP contribution in [0.1, 0.15) is 43.4 Å². The number of carbonyl (C=O) groups is 1. The Morgan fingerprint density at radius 1 is 1.03 bits per heavy atom. The van der Waals surface area contributed by atoms with E-state index >= 15 is 0 Å². The van der Waals surface area contributed by atoms with E-state index in [1.807, 2.05) is 13.8 Å². The Balaban J connectivity index is 1.78. The molecule has 0 atom stereocenters. The number of rotatable bonds is 6. The minimum absolute atomic E-state index is 0.202. The average Bonchev–Trinajstić information content (AvgIpc) is 2.75. The van der Waals surface area contributed by atoms with Crippen molar-refractivity contribution in [2.24, 2.45) is 0 Å². The summed E-state index contributed by atoms with van der Waals surface area (Å²) in [5.74, 6) is 0.971. The van der Waals surface area contributed by atoms with Gasteiger partial charge in [-0.3, -0.25) is 9.97 Å². The molecule has 0 aromatic carbocycles. The van der Waals surface area contributed by atoms with Crippen LogP contribution in [0.4, 0.5) is 29.3 Å². The molecule has 0 unspecified atom stereocenters. The SMILES string of the molecule is CCOc1cc(-c2ncc(NC(=O)Nc3cnc(C(C)(C)O)c(C(F)(F)F)c3)c(C)n2)cnc1C. The summed E-state index contributed by atoms with van der Waals surface area (Å²) in [7, 11) is 0. The van der Waals surface area contributed by atoms with Crippen molar-refractivity contribution >= 4 is 17.4 Å². The third kappa shape index (κ3) is 6.21. The van der Waals surface area contributed by atoms with Crippen LogP contribution in [0.25, 0.3) is 11.4 Å². The topological polar surface area (TPSA) is 122 Å². The van der Waals surface area contributed by atoms with E-state index in [0.717, 1.165) is 11.9 Å². The Bertz CT molecular complexity index is 1240. The van der Waals surface area contributed by atoms with Crippen molar-refractivity contribution < 1.29 is 27.8 Å². The summed E-state index contributed by atoms with van der Waals surface area (Å²) >= 11 is 0. The lowest BCUT2D eigenvalue weighted by Crippen LogP contribution is -2.25. The summed E-state index contributed by atoms with van der Waals surface area (Å²) in [6.45, 7) is 8.19. The molecule has 0 aliphatic rings. The van der Waals surface area contributed by atoms with Gasteiger partial charge < -0.3 is 20.5 Å². The highest BCUT2D eigenvalue weighted by Gasteiger charge is 2.38. The van der Waals surface area contributed by atoms with Gasteiger partial charge in [-0.25, -0.2) is 14.8 Å². The summed E-state index contributed by atoms with van der Waals surface area (Å²) in [5, 5.41) is 14.8. The number of pyridine rings is 2. The maximum atomic E-state index is 13.5. The van der Waals surface area contributed by atoms with Crippen molar-refractivity contribution in [3.8, 4) is 17.1 Å². The van der Waals surface area contributed by atoms with Crippen molar-refractivity contribution in [2.45, 2.75) is 46.4 Å². The fourth-order valence-corrected chi connectivity index (χ4v) is 3.19. The second-order valence-electron chi connectivity index (χ2n) is 8.19. The first-order chi connectivity index (χ1) is 16.3. The van der Waals surface area contributed by atoms with Crippen LogP contribution >= 0.6 is 0 Å². The molecule has 3 rings (SSSR count). The average molecular weight is 490 g/mol. The molecule has 0 fully saturated rings. The Morgan fingerprint density at radius 3 is 2.34 bits per heavy atom. The first kappa shape index (κ1) is 25.8. The molecule has 3 aromatic heterocycles. The zero-order valence-corrected chi connectivity index (χ0v) is 19.8. The van der Waals surface area contributed by atoms with Crippen LogP contribution in [0.3, 0.4) is 0 Å². The zero-order chi connectivity index (χ0) is 26.0. The smallest absolute Gasteiger partial charge is 0.418 e. The van der Waals surface area contributed by atoms with Crippen molar-refractivity contribution in [2.75, 3.05) is 17.2 Å². The highest BCUT2D eigenvalue weighted by molar-refractivity contribution is 6.00. The second-order valence-corrected chi connectivity index (χ2v) is 8.19. The normalized spacial score (nSPS) is 11.8. The molecule has 186 valence electrons. The number of nitrogens with one attached hydrogen (secondary N) is 2. The van der Waals surface area contributed by atoms with Gasteiger partial charge in [0.05, 0.1) is 53.0 Å². The van der Waals surface area contributed by atoms with Crippen LogP contribution in [-0.4, -0.2) is 37.7 Å². The molecular weight excluding hydrogens is 465 g/mol. The fraction of sp³-hybridized carbons (Fsp3) is 0.348. The minimum Gasteiger partial charge on any atom is -0.492 e. The Hall–Kier alpha value is -3.80. The summed E-state index contributed by atoms with van der Waals surface area (Å²) in [6.07, 6.45) is -0.748. The Morgan fingerprint density at radius 2 is 1.74 bits per heavy atom. The van der Waals surface area contributed by atoms with E-state index in [1.165, 1.54) is 20.0 Å². The van der Waals surface area contributed by atoms with E-state index in [1.54, 1.807) is 19.2 Å². The molecule has 0 aliphatic heterocycles. The standard InChI is InChI=1S/C23H25F3N6O3/c1-6-35-18-7-14(9-27-13(18)3)20-29-11-17(12(2)30-20)32-21(33)31-15-8-16(23(24,25)26)19(28-10-15)22(4,5)34/h7-11,34H,6H2,1-5H3,(H2,31,32,33). The monoisotopic (exact) mass is 490 g/mol. The number of hydrogen-bond acceptors (Lipinski definition) is 7. The molecule has 2 amide bonds. The second kappa shape index (κ2) is 9.82. The van der Waals surface area contributed by atoms with Gasteiger partial charge in [-0.2, -0.15) is 13.2 Å². The van der Waals surface area contributed by atoms with Crippen molar-refractivity contribution in [3.63, 3.8) is 0 Å². The summed E-state index contributed by atoms with van der Waals surface area (Å²) in [4.78, 5) is 29.0. The number of amides is 2. The van der Waals surface area contributed by atoms with E-state index in [4.69, 9.17) is 4.74 Å². The number of urea groups is 1. The number of nitrogens with zero attached hydrogens (tertiary/aromatic N) is 4. The zero-order valence-electron chi connectivity index (χ0n) is 19.8. The maximum absolute atomic E-state index is 13.5. The lowest BCUT2D eigenvalue weighted by atomic mass is 9.98. The first-order valence-corrected chi connectivity index (χ1v) is 10.6. The fourth-order valence-electron chi connectivity index (χ4n) is 3.19. The molecule has 35 heavy (non-hydrogen) atoms. The number of halogens is 3. The molecule has 3 aromatic rings. The van der Waals surface area contributed by atoms with Crippen LogP contribution < -0.4 is 15.4 Å². The van der Waals surface area contributed by atoms with Crippen molar-refractivity contribution in [1.29, 1.82) is 0 Å². The number of carbonyl (C=O) groups excluding carboxylic acids is 1. The van der Waals surface area contributed by atoms with Gasteiger partial charge in [0.25, 0.3) is 0 Å². The van der Waals surface area contributed by atoms with Crippen LogP contribution in [0, 0.1) is 13.8 Å². The molecule has 0 saturated carbocycles. The molecule has 3 N–H and O–H groups in total. The Kier molecular flexibility index (Phi) is 7.25. The van der Waals surface area contributed by atoms with Crippen molar-refractivity contribution in [1.82, 2.24) is 19.9 Å². The summed E-state index contributed by atoms with van der Waals surface area (Å²) < 4.78 is 45.9. The highest BCUT2D eigenvalue weighted by Crippen LogP contribution is 2.36. The lowest BCUT2D eigenvalue weighted by molar-refractivity contribution is -0.140. The number of aliphatic hydroxyl groups is 1. The van der Waals surface area contributed by atoms with Crippen molar-refractivity contribution in [3.05, 3.63) is 53.4 Å². The lowest BCUT2D eigenvalue weighted by Gasteiger charge is -2.22. The number of ether oxygens (including phenoxy) is 1. The number of aromatic nitrogens is 4. The van der Waals surface area contributed by atoms with Crippen LogP contribution in [-0.2, 0) is 11.8 Å². The Labute approximate surface area is 199 Å². The molecule has 0 radical (unpaired) electrons. The van der Waals surface area contributed by atoms with Gasteiger partial charge in [0, 0.05) is 11.8 Å². The molecule has 9 nitrogen and oxygen atoms in total. The predicted octanol–water partition coefficient (Wildman–Crippen LogP) is 4.84. The van der Waals surface area contributed by atoms with E-state index in [2.05, 4.69) is 30.6 Å². The molecule has 12 heteroatoms. The maximum Gasteiger partial charge on any atom is 0.418 e. The molecule has 3 heterocycles. The van der Waals surface area contributed by atoms with Crippen LogP contribution in [0.2, 0.25) is 0 Å². The van der Waals surface area contributed by atoms with Gasteiger partial charge in [0.1, 0.15) is 11.4 Å². The van der Waals surface area contributed by atoms with Gasteiger partial charge in [-0.05, 0) is 46.8 Å². The summed E-state index contributed by atoms with van der Waals surface area (Å²) in [5.41, 5.74) is -1.69. The van der Waals surface area contributed by atoms with Gasteiger partial charge in [0.15, 0.2) is 5.82 Å². The van der Waals surface area contributed by atoms with E-state index < -0.39 is 29.1 Å². The first-order valence-electron chi connectivity index (χ1n) is 10.6. The molecule has 0 spiro atoms. The van der Waals surface area contributed by atoms with E-state index in [-0.39, 0.29) is 11.4 Å². The van der Waals surface area contributed by atoms with Crippen LogP contribution in [0.15, 0.2) is 30.7 Å². The predicted molar refractivity (Wildman–Crippen MR) is 123 cm³/mol. The molecule has 0 saturated heterocycles. The number of anilines is 2. The van der Waals surface area contributed by atoms with Gasteiger partial charge >= 0.3 is 12.2 Å². The third-order valence-electron chi connectivity index (χ3n) is 4.86. The molecular formula is C23H25F3N6O3. The van der Waals surface area contributed by atoms with Gasteiger partial charge in [0.2, 0.25) is 0 Å².